The molecule has 0 aromatic heterocycles. The van der Waals surface area contributed by atoms with Gasteiger partial charge < -0.3 is 15.0 Å². The second-order valence-corrected chi connectivity index (χ2v) is 11.5. The van der Waals surface area contributed by atoms with Crippen LogP contribution in [0.4, 0.5) is 0 Å². The third kappa shape index (κ3) is 8.15. The van der Waals surface area contributed by atoms with Crippen LogP contribution >= 0.6 is 0 Å². The smallest absolute Gasteiger partial charge is 0.243 e. The van der Waals surface area contributed by atoms with Gasteiger partial charge in [0, 0.05) is 26.6 Å². The fraction of sp³-hybridized carbons (Fsp3) is 0.333. The Kier molecular flexibility index (Phi) is 10.7. The maximum absolute atomic E-state index is 13.9. The summed E-state index contributed by atoms with van der Waals surface area (Å²) >= 11 is 0. The van der Waals surface area contributed by atoms with Crippen molar-refractivity contribution in [2.45, 2.75) is 44.2 Å². The highest BCUT2D eigenvalue weighted by Crippen LogP contribution is 2.20. The number of methoxy groups -OCH3 is 1. The van der Waals surface area contributed by atoms with E-state index in [0.717, 1.165) is 27.4 Å². The fourth-order valence-corrected chi connectivity index (χ4v) is 5.26. The van der Waals surface area contributed by atoms with E-state index in [9.17, 15) is 18.0 Å². The Bertz CT molecular complexity index is 1340. The van der Waals surface area contributed by atoms with Crippen LogP contribution in [0.1, 0.15) is 30.0 Å². The Morgan fingerprint density at radius 3 is 2.26 bits per heavy atom. The molecule has 0 spiro atoms. The maximum Gasteiger partial charge on any atom is 0.243 e. The molecule has 0 aliphatic heterocycles. The molecule has 39 heavy (non-hydrogen) atoms. The molecule has 0 aliphatic rings. The molecule has 0 fully saturated rings. The zero-order chi connectivity index (χ0) is 28.4. The lowest BCUT2D eigenvalue weighted by molar-refractivity contribution is -0.141. The topological polar surface area (TPSA) is 96.0 Å². The first-order valence-corrected chi connectivity index (χ1v) is 14.4. The van der Waals surface area contributed by atoms with Gasteiger partial charge in [0.2, 0.25) is 21.8 Å². The van der Waals surface area contributed by atoms with Gasteiger partial charge in [0.15, 0.2) is 0 Å². The van der Waals surface area contributed by atoms with Crippen LogP contribution in [-0.2, 0) is 32.6 Å². The summed E-state index contributed by atoms with van der Waals surface area (Å²) in [6.07, 6.45) is 1.02. The maximum atomic E-state index is 13.9. The van der Waals surface area contributed by atoms with Crippen molar-refractivity contribution in [2.75, 3.05) is 27.2 Å². The molecule has 0 radical (unpaired) electrons. The first-order valence-electron chi connectivity index (χ1n) is 12.9. The minimum Gasteiger partial charge on any atom is -0.497 e. The molecule has 3 rings (SSSR count). The molecule has 0 aliphatic carbocycles. The van der Waals surface area contributed by atoms with Gasteiger partial charge >= 0.3 is 0 Å². The number of sulfonamides is 1. The Morgan fingerprint density at radius 2 is 1.62 bits per heavy atom. The highest BCUT2D eigenvalue weighted by molar-refractivity contribution is 7.89. The van der Waals surface area contributed by atoms with E-state index in [0.29, 0.717) is 12.3 Å². The van der Waals surface area contributed by atoms with E-state index in [1.165, 1.54) is 24.1 Å². The summed E-state index contributed by atoms with van der Waals surface area (Å²) in [5.74, 6) is -0.154. The number of likely N-dealkylation sites (N-methyl/N-ethyl adjacent to an activating group) is 1. The molecule has 8 nitrogen and oxygen atoms in total. The van der Waals surface area contributed by atoms with Gasteiger partial charge in [-0.15, -0.1) is 0 Å². The van der Waals surface area contributed by atoms with Gasteiger partial charge in [-0.25, -0.2) is 8.42 Å². The summed E-state index contributed by atoms with van der Waals surface area (Å²) in [5, 5.41) is 2.92. The van der Waals surface area contributed by atoms with E-state index < -0.39 is 28.5 Å². The van der Waals surface area contributed by atoms with Crippen molar-refractivity contribution in [3.8, 4) is 5.75 Å². The van der Waals surface area contributed by atoms with Crippen molar-refractivity contribution in [1.82, 2.24) is 14.5 Å². The number of rotatable bonds is 13. The lowest BCUT2D eigenvalue weighted by atomic mass is 10.0. The van der Waals surface area contributed by atoms with Gasteiger partial charge in [-0.05, 0) is 48.7 Å². The minimum atomic E-state index is -3.92. The highest BCUT2D eigenvalue weighted by Gasteiger charge is 2.33. The number of nitrogens with zero attached hydrogens (tertiary/aromatic N) is 2. The van der Waals surface area contributed by atoms with Gasteiger partial charge in [-0.1, -0.05) is 67.1 Å². The molecule has 208 valence electrons. The van der Waals surface area contributed by atoms with Crippen molar-refractivity contribution in [2.24, 2.45) is 0 Å². The van der Waals surface area contributed by atoms with Crippen molar-refractivity contribution in [3.63, 3.8) is 0 Å². The SMILES string of the molecule is CCCNC(=O)[C@H](Cc1ccccc1)N(Cc1cccc(OC)c1)C(=O)CN(C)S(=O)(=O)c1ccc(C)cc1. The minimum absolute atomic E-state index is 0.101. The third-order valence-electron chi connectivity index (χ3n) is 6.39. The number of amides is 2. The number of aryl methyl sites for hydroxylation is 1. The summed E-state index contributed by atoms with van der Waals surface area (Å²) in [5.41, 5.74) is 2.57. The molecule has 0 heterocycles. The van der Waals surface area contributed by atoms with Gasteiger partial charge in [0.1, 0.15) is 11.8 Å². The van der Waals surface area contributed by atoms with Gasteiger partial charge in [-0.3, -0.25) is 9.59 Å². The molecular weight excluding hydrogens is 514 g/mol. The first kappa shape index (κ1) is 29.9. The van der Waals surface area contributed by atoms with Crippen LogP contribution in [0.25, 0.3) is 0 Å². The van der Waals surface area contributed by atoms with Crippen LogP contribution in [0, 0.1) is 6.92 Å². The Morgan fingerprint density at radius 1 is 0.949 bits per heavy atom. The number of carbonyl (C=O) groups excluding carboxylic acids is 2. The van der Waals surface area contributed by atoms with Crippen molar-refractivity contribution in [1.29, 1.82) is 0 Å². The van der Waals surface area contributed by atoms with Crippen LogP contribution in [0.3, 0.4) is 0 Å². The zero-order valence-electron chi connectivity index (χ0n) is 23.0. The molecule has 2 amide bonds. The molecule has 1 N–H and O–H groups in total. The van der Waals surface area contributed by atoms with E-state index in [1.54, 1.807) is 31.4 Å². The van der Waals surface area contributed by atoms with E-state index in [2.05, 4.69) is 5.32 Å². The van der Waals surface area contributed by atoms with E-state index in [4.69, 9.17) is 4.74 Å². The zero-order valence-corrected chi connectivity index (χ0v) is 23.8. The second-order valence-electron chi connectivity index (χ2n) is 9.44. The van der Waals surface area contributed by atoms with Crippen LogP contribution in [0.5, 0.6) is 5.75 Å². The Hall–Kier alpha value is -3.69. The Balaban J connectivity index is 1.97. The molecule has 9 heteroatoms. The molecule has 0 bridgehead atoms. The van der Waals surface area contributed by atoms with Gasteiger partial charge in [0.25, 0.3) is 0 Å². The van der Waals surface area contributed by atoms with Crippen LogP contribution < -0.4 is 10.1 Å². The predicted molar refractivity (Wildman–Crippen MR) is 152 cm³/mol. The van der Waals surface area contributed by atoms with Crippen molar-refractivity contribution < 1.29 is 22.7 Å². The number of hydrogen-bond donors (Lipinski definition) is 1. The quantitative estimate of drug-likeness (QED) is 0.349. The fourth-order valence-electron chi connectivity index (χ4n) is 4.14. The van der Waals surface area contributed by atoms with E-state index in [1.807, 2.05) is 56.3 Å². The summed E-state index contributed by atoms with van der Waals surface area (Å²) in [4.78, 5) is 28.9. The normalized spacial score (nSPS) is 12.1. The van der Waals surface area contributed by atoms with E-state index in [-0.39, 0.29) is 23.8 Å². The summed E-state index contributed by atoms with van der Waals surface area (Å²) < 4.78 is 32.9. The molecule has 1 atom stereocenters. The summed E-state index contributed by atoms with van der Waals surface area (Å²) in [6, 6.07) is 22.3. The first-order chi connectivity index (χ1) is 18.6. The average molecular weight is 552 g/mol. The molecular formula is C30H37N3O5S. The van der Waals surface area contributed by atoms with E-state index >= 15 is 0 Å². The second kappa shape index (κ2) is 13.9. The number of hydrogen-bond acceptors (Lipinski definition) is 5. The molecule has 3 aromatic carbocycles. The molecule has 0 saturated carbocycles. The van der Waals surface area contributed by atoms with Crippen LogP contribution in [0.2, 0.25) is 0 Å². The monoisotopic (exact) mass is 551 g/mol. The predicted octanol–water partition coefficient (Wildman–Crippen LogP) is 3.79. The Labute approximate surface area is 231 Å². The number of nitrogens with one attached hydrogen (secondary N) is 1. The van der Waals surface area contributed by atoms with Crippen molar-refractivity contribution >= 4 is 21.8 Å². The lowest BCUT2D eigenvalue weighted by Crippen LogP contribution is -2.53. The van der Waals surface area contributed by atoms with Crippen LogP contribution in [0.15, 0.2) is 83.8 Å². The summed E-state index contributed by atoms with van der Waals surface area (Å²) in [7, 11) is -0.988. The standard InChI is InChI=1S/C30H37N3O5S/c1-5-18-31-30(35)28(20-24-10-7-6-8-11-24)33(21-25-12-9-13-26(19-25)38-4)29(34)22-32(3)39(36,37)27-16-14-23(2)15-17-27/h6-17,19,28H,5,18,20-22H2,1-4H3,(H,31,35)/t28-/m0/s1. The number of ether oxygens (including phenoxy) is 1. The third-order valence-corrected chi connectivity index (χ3v) is 8.21. The number of benzene rings is 3. The van der Waals surface area contributed by atoms with Gasteiger partial charge in [0.05, 0.1) is 18.6 Å². The average Bonchev–Trinajstić information content (AvgIpc) is 2.94. The summed E-state index contributed by atoms with van der Waals surface area (Å²) in [6.45, 7) is 3.97. The number of carbonyl (C=O) groups is 2. The molecule has 0 unspecified atom stereocenters. The molecule has 0 saturated heterocycles. The highest BCUT2D eigenvalue weighted by atomic mass is 32.2. The molecule has 3 aromatic rings. The lowest BCUT2D eigenvalue weighted by Gasteiger charge is -2.32. The van der Waals surface area contributed by atoms with Gasteiger partial charge in [-0.2, -0.15) is 4.31 Å². The van der Waals surface area contributed by atoms with Crippen molar-refractivity contribution in [3.05, 3.63) is 95.6 Å². The van der Waals surface area contributed by atoms with Crippen LogP contribution in [-0.4, -0.2) is 62.7 Å². The largest absolute Gasteiger partial charge is 0.497 e.